The summed E-state index contributed by atoms with van der Waals surface area (Å²) in [4.78, 5) is 20.1. The Balaban J connectivity index is 1.96. The van der Waals surface area contributed by atoms with Gasteiger partial charge in [0.25, 0.3) is 0 Å². The number of hydrogen-bond acceptors (Lipinski definition) is 5. The average Bonchev–Trinajstić information content (AvgIpc) is 3.08. The zero-order chi connectivity index (χ0) is 20.4. The molecule has 4 rings (SSSR count). The number of methoxy groups -OCH3 is 1. The van der Waals surface area contributed by atoms with Crippen LogP contribution in [0.2, 0.25) is 5.02 Å². The third-order valence-electron chi connectivity index (χ3n) is 4.51. The Kier molecular flexibility index (Phi) is 5.38. The Morgan fingerprint density at radius 2 is 1.97 bits per heavy atom. The lowest BCUT2D eigenvalue weighted by molar-refractivity contribution is 0.0514. The quantitative estimate of drug-likeness (QED) is 0.426. The van der Waals surface area contributed by atoms with Crippen molar-refractivity contribution in [3.05, 3.63) is 64.9 Å². The van der Waals surface area contributed by atoms with E-state index in [9.17, 15) is 4.79 Å². The molecule has 0 bridgehead atoms. The van der Waals surface area contributed by atoms with Crippen molar-refractivity contribution in [2.45, 2.75) is 13.5 Å². The number of pyridine rings is 1. The summed E-state index contributed by atoms with van der Waals surface area (Å²) in [7, 11) is 1.58. The number of carbonyl (C=O) groups is 1. The van der Waals surface area contributed by atoms with Gasteiger partial charge in [0.2, 0.25) is 0 Å². The molecule has 148 valence electrons. The number of halogens is 1. The fourth-order valence-corrected chi connectivity index (χ4v) is 3.55. The maximum Gasteiger partial charge on any atom is 0.357 e. The van der Waals surface area contributed by atoms with E-state index in [1.165, 1.54) is 0 Å². The van der Waals surface area contributed by atoms with E-state index in [0.29, 0.717) is 22.1 Å². The standard InChI is InChI=1S/C22H19ClN2O4/c1-3-28-22(26)21-15(12-27-2)19-17(11-24-21)25-16-8-5-9-18(20(16)19)29-14-7-4-6-13(23)10-14/h4-11,25H,3,12H2,1-2H3. The van der Waals surface area contributed by atoms with E-state index < -0.39 is 5.97 Å². The topological polar surface area (TPSA) is 73.4 Å². The Morgan fingerprint density at radius 3 is 2.72 bits per heavy atom. The van der Waals surface area contributed by atoms with Crippen LogP contribution in [0.1, 0.15) is 23.0 Å². The number of aromatic nitrogens is 2. The second-order valence-electron chi connectivity index (χ2n) is 6.39. The third kappa shape index (κ3) is 3.64. The maximum absolute atomic E-state index is 12.5. The van der Waals surface area contributed by atoms with E-state index in [2.05, 4.69) is 9.97 Å². The van der Waals surface area contributed by atoms with Gasteiger partial charge in [0, 0.05) is 23.1 Å². The van der Waals surface area contributed by atoms with Crippen LogP contribution < -0.4 is 4.74 Å². The minimum Gasteiger partial charge on any atom is -0.461 e. The number of ether oxygens (including phenoxy) is 3. The highest BCUT2D eigenvalue weighted by Gasteiger charge is 2.22. The van der Waals surface area contributed by atoms with E-state index in [0.717, 1.165) is 21.8 Å². The second-order valence-corrected chi connectivity index (χ2v) is 6.83. The van der Waals surface area contributed by atoms with Crippen LogP contribution in [0, 0.1) is 0 Å². The molecule has 0 saturated carbocycles. The van der Waals surface area contributed by atoms with Crippen LogP contribution in [-0.2, 0) is 16.1 Å². The number of rotatable bonds is 6. The molecule has 6 nitrogen and oxygen atoms in total. The fourth-order valence-electron chi connectivity index (χ4n) is 3.37. The number of aromatic amines is 1. The molecule has 4 aromatic rings. The van der Waals surface area contributed by atoms with Crippen molar-refractivity contribution in [1.29, 1.82) is 0 Å². The van der Waals surface area contributed by atoms with E-state index >= 15 is 0 Å². The van der Waals surface area contributed by atoms with Crippen LogP contribution in [-0.4, -0.2) is 29.7 Å². The van der Waals surface area contributed by atoms with Crippen molar-refractivity contribution >= 4 is 39.4 Å². The molecule has 0 saturated heterocycles. The monoisotopic (exact) mass is 410 g/mol. The first-order valence-corrected chi connectivity index (χ1v) is 9.52. The van der Waals surface area contributed by atoms with Gasteiger partial charge in [-0.25, -0.2) is 9.78 Å². The van der Waals surface area contributed by atoms with Crippen molar-refractivity contribution in [2.75, 3.05) is 13.7 Å². The third-order valence-corrected chi connectivity index (χ3v) is 4.74. The second kappa shape index (κ2) is 8.11. The van der Waals surface area contributed by atoms with Gasteiger partial charge >= 0.3 is 5.97 Å². The number of nitrogens with one attached hydrogen (secondary N) is 1. The van der Waals surface area contributed by atoms with Gasteiger partial charge in [0.05, 0.1) is 35.8 Å². The molecule has 29 heavy (non-hydrogen) atoms. The van der Waals surface area contributed by atoms with Crippen LogP contribution in [0.4, 0.5) is 0 Å². The van der Waals surface area contributed by atoms with Crippen molar-refractivity contribution in [3.63, 3.8) is 0 Å². The predicted octanol–water partition coefficient (Wildman–Crippen LogP) is 5.48. The van der Waals surface area contributed by atoms with Gasteiger partial charge in [-0.3, -0.25) is 0 Å². The van der Waals surface area contributed by atoms with Crippen molar-refractivity contribution < 1.29 is 19.0 Å². The highest BCUT2D eigenvalue weighted by atomic mass is 35.5. The maximum atomic E-state index is 12.5. The van der Waals surface area contributed by atoms with Crippen LogP contribution in [0.15, 0.2) is 48.7 Å². The van der Waals surface area contributed by atoms with Crippen LogP contribution >= 0.6 is 11.6 Å². The number of carbonyl (C=O) groups excluding carboxylic acids is 1. The van der Waals surface area contributed by atoms with Crippen molar-refractivity contribution in [3.8, 4) is 11.5 Å². The molecule has 2 aromatic carbocycles. The van der Waals surface area contributed by atoms with Gasteiger partial charge < -0.3 is 19.2 Å². The minimum absolute atomic E-state index is 0.205. The first-order chi connectivity index (χ1) is 14.1. The Labute approximate surface area is 172 Å². The lowest BCUT2D eigenvalue weighted by atomic mass is 10.0. The Hall–Kier alpha value is -3.09. The summed E-state index contributed by atoms with van der Waals surface area (Å²) in [5, 5.41) is 2.24. The molecular weight excluding hydrogens is 392 g/mol. The number of fused-ring (bicyclic) bond motifs is 3. The summed E-state index contributed by atoms with van der Waals surface area (Å²) < 4.78 is 16.7. The van der Waals surface area contributed by atoms with Gasteiger partial charge in [-0.05, 0) is 37.3 Å². The molecule has 0 unspecified atom stereocenters. The van der Waals surface area contributed by atoms with E-state index in [-0.39, 0.29) is 18.9 Å². The predicted molar refractivity (Wildman–Crippen MR) is 112 cm³/mol. The van der Waals surface area contributed by atoms with Crippen LogP contribution in [0.5, 0.6) is 11.5 Å². The number of benzene rings is 2. The minimum atomic E-state index is -0.482. The molecule has 0 aliphatic rings. The van der Waals surface area contributed by atoms with Gasteiger partial charge in [-0.2, -0.15) is 0 Å². The fraction of sp³-hybridized carbons (Fsp3) is 0.182. The first-order valence-electron chi connectivity index (χ1n) is 9.14. The summed E-state index contributed by atoms with van der Waals surface area (Å²) in [6, 6.07) is 12.9. The summed E-state index contributed by atoms with van der Waals surface area (Å²) >= 11 is 6.09. The van der Waals surface area contributed by atoms with E-state index in [4.69, 9.17) is 25.8 Å². The average molecular weight is 411 g/mol. The number of H-pyrrole nitrogens is 1. The highest BCUT2D eigenvalue weighted by Crippen LogP contribution is 2.38. The molecule has 7 heteroatoms. The molecule has 0 radical (unpaired) electrons. The Morgan fingerprint density at radius 1 is 1.14 bits per heavy atom. The first kappa shape index (κ1) is 19.2. The SMILES string of the molecule is CCOC(=O)c1ncc2[nH]c3cccc(Oc4cccc(Cl)c4)c3c2c1COC. The zero-order valence-electron chi connectivity index (χ0n) is 16.0. The van der Waals surface area contributed by atoms with Crippen molar-refractivity contribution in [1.82, 2.24) is 9.97 Å². The Bertz CT molecular complexity index is 1200. The molecule has 0 aliphatic carbocycles. The largest absolute Gasteiger partial charge is 0.461 e. The molecule has 0 spiro atoms. The summed E-state index contributed by atoms with van der Waals surface area (Å²) in [5.41, 5.74) is 2.53. The van der Waals surface area contributed by atoms with Crippen LogP contribution in [0.3, 0.4) is 0 Å². The number of hydrogen-bond donors (Lipinski definition) is 1. The van der Waals surface area contributed by atoms with Gasteiger partial charge in [-0.15, -0.1) is 0 Å². The van der Waals surface area contributed by atoms with Gasteiger partial charge in [0.15, 0.2) is 5.69 Å². The van der Waals surface area contributed by atoms with Crippen molar-refractivity contribution in [2.24, 2.45) is 0 Å². The van der Waals surface area contributed by atoms with E-state index in [1.54, 1.807) is 32.4 Å². The molecule has 0 fully saturated rings. The highest BCUT2D eigenvalue weighted by molar-refractivity contribution is 6.30. The van der Waals surface area contributed by atoms with E-state index in [1.807, 2.05) is 30.3 Å². The number of esters is 1. The zero-order valence-corrected chi connectivity index (χ0v) is 16.7. The molecule has 0 amide bonds. The van der Waals surface area contributed by atoms with Gasteiger partial charge in [0.1, 0.15) is 11.5 Å². The smallest absolute Gasteiger partial charge is 0.357 e. The van der Waals surface area contributed by atoms with Crippen LogP contribution in [0.25, 0.3) is 21.8 Å². The molecular formula is C22H19ClN2O4. The molecule has 2 aromatic heterocycles. The molecule has 0 atom stereocenters. The lowest BCUT2D eigenvalue weighted by Crippen LogP contribution is -2.11. The summed E-state index contributed by atoms with van der Waals surface area (Å²) in [5.74, 6) is 0.769. The lowest BCUT2D eigenvalue weighted by Gasteiger charge is -2.11. The summed E-state index contributed by atoms with van der Waals surface area (Å²) in [6.45, 7) is 2.23. The summed E-state index contributed by atoms with van der Waals surface area (Å²) in [6.07, 6.45) is 1.63. The normalized spacial score (nSPS) is 11.1. The number of nitrogens with zero attached hydrogens (tertiary/aromatic N) is 1. The van der Waals surface area contributed by atoms with Gasteiger partial charge in [-0.1, -0.05) is 23.7 Å². The molecule has 0 aliphatic heterocycles. The molecule has 1 N–H and O–H groups in total. The molecule has 2 heterocycles.